The van der Waals surface area contributed by atoms with E-state index in [1.807, 2.05) is 25.2 Å². The molecule has 0 aliphatic carbocycles. The summed E-state index contributed by atoms with van der Waals surface area (Å²) in [7, 11) is 1.90. The van der Waals surface area contributed by atoms with Crippen molar-refractivity contribution in [2.75, 3.05) is 7.05 Å². The molecular formula is C12H12N2O2S. The highest BCUT2D eigenvalue weighted by Crippen LogP contribution is 2.30. The summed E-state index contributed by atoms with van der Waals surface area (Å²) in [5.74, 6) is 0. The molecule has 0 spiro atoms. The Labute approximate surface area is 103 Å². The lowest BCUT2D eigenvalue weighted by molar-refractivity contribution is -0.384. The van der Waals surface area contributed by atoms with Gasteiger partial charge in [-0.3, -0.25) is 10.1 Å². The van der Waals surface area contributed by atoms with E-state index in [9.17, 15) is 10.1 Å². The number of nitrogens with one attached hydrogen (secondary N) is 1. The number of nitro groups is 1. The number of thiophene rings is 1. The molecule has 0 bridgehead atoms. The zero-order valence-corrected chi connectivity index (χ0v) is 10.2. The molecule has 2 rings (SSSR count). The summed E-state index contributed by atoms with van der Waals surface area (Å²) < 4.78 is 0. The standard InChI is InChI=1S/C12H12N2O2S/c1-13-8-11-5-6-12(17-11)9-3-2-4-10(7-9)14(15)16/h2-7,13H,8H2,1H3. The van der Waals surface area contributed by atoms with Gasteiger partial charge in [0.25, 0.3) is 5.69 Å². The molecule has 0 amide bonds. The smallest absolute Gasteiger partial charge is 0.270 e. The van der Waals surface area contributed by atoms with Crippen molar-refractivity contribution in [3.05, 3.63) is 51.4 Å². The molecule has 5 heteroatoms. The van der Waals surface area contributed by atoms with Gasteiger partial charge in [-0.1, -0.05) is 12.1 Å². The molecule has 1 aromatic heterocycles. The average molecular weight is 248 g/mol. The summed E-state index contributed by atoms with van der Waals surface area (Å²) in [4.78, 5) is 12.6. The molecule has 1 heterocycles. The van der Waals surface area contributed by atoms with Crippen molar-refractivity contribution in [2.24, 2.45) is 0 Å². The van der Waals surface area contributed by atoms with Gasteiger partial charge in [0.05, 0.1) is 4.92 Å². The van der Waals surface area contributed by atoms with Gasteiger partial charge in [-0.05, 0) is 24.7 Å². The van der Waals surface area contributed by atoms with Gasteiger partial charge in [-0.25, -0.2) is 0 Å². The SMILES string of the molecule is CNCc1ccc(-c2cccc([N+](=O)[O-])c2)s1. The van der Waals surface area contributed by atoms with E-state index in [1.54, 1.807) is 23.5 Å². The van der Waals surface area contributed by atoms with Crippen LogP contribution in [0.2, 0.25) is 0 Å². The van der Waals surface area contributed by atoms with Crippen LogP contribution in [-0.4, -0.2) is 12.0 Å². The Morgan fingerprint density at radius 1 is 1.35 bits per heavy atom. The number of nitro benzene ring substituents is 1. The minimum atomic E-state index is -0.369. The van der Waals surface area contributed by atoms with E-state index in [1.165, 1.54) is 10.9 Å². The van der Waals surface area contributed by atoms with Gasteiger partial charge in [-0.2, -0.15) is 0 Å². The molecular weight excluding hydrogens is 236 g/mol. The van der Waals surface area contributed by atoms with E-state index in [0.717, 1.165) is 17.0 Å². The Morgan fingerprint density at radius 2 is 2.18 bits per heavy atom. The highest BCUT2D eigenvalue weighted by molar-refractivity contribution is 7.15. The summed E-state index contributed by atoms with van der Waals surface area (Å²) in [5, 5.41) is 13.8. The minimum Gasteiger partial charge on any atom is -0.315 e. The first kappa shape index (κ1) is 11.8. The van der Waals surface area contributed by atoms with Crippen LogP contribution in [-0.2, 0) is 6.54 Å². The molecule has 2 aromatic rings. The molecule has 88 valence electrons. The van der Waals surface area contributed by atoms with Crippen LogP contribution in [0.25, 0.3) is 10.4 Å². The van der Waals surface area contributed by atoms with Crippen molar-refractivity contribution in [1.29, 1.82) is 0 Å². The predicted octanol–water partition coefficient (Wildman–Crippen LogP) is 3.04. The van der Waals surface area contributed by atoms with Crippen molar-refractivity contribution < 1.29 is 4.92 Å². The monoisotopic (exact) mass is 248 g/mol. The maximum absolute atomic E-state index is 10.7. The van der Waals surface area contributed by atoms with Crippen LogP contribution < -0.4 is 5.32 Å². The second-order valence-corrected chi connectivity index (χ2v) is 4.77. The Morgan fingerprint density at radius 3 is 2.88 bits per heavy atom. The second kappa shape index (κ2) is 5.07. The molecule has 0 radical (unpaired) electrons. The quantitative estimate of drug-likeness (QED) is 0.668. The summed E-state index contributed by atoms with van der Waals surface area (Å²) in [6, 6.07) is 10.7. The molecule has 17 heavy (non-hydrogen) atoms. The summed E-state index contributed by atoms with van der Waals surface area (Å²) in [5.41, 5.74) is 1.03. The maximum Gasteiger partial charge on any atom is 0.270 e. The van der Waals surface area contributed by atoms with Gasteiger partial charge in [-0.15, -0.1) is 11.3 Å². The third-order valence-electron chi connectivity index (χ3n) is 2.35. The Kier molecular flexibility index (Phi) is 3.51. The first-order valence-corrected chi connectivity index (χ1v) is 6.00. The van der Waals surface area contributed by atoms with Gasteiger partial charge >= 0.3 is 0 Å². The van der Waals surface area contributed by atoms with Crippen molar-refractivity contribution in [3.63, 3.8) is 0 Å². The van der Waals surface area contributed by atoms with Crippen LogP contribution in [0.15, 0.2) is 36.4 Å². The third-order valence-corrected chi connectivity index (χ3v) is 3.49. The largest absolute Gasteiger partial charge is 0.315 e. The van der Waals surface area contributed by atoms with Gasteiger partial charge in [0.1, 0.15) is 0 Å². The molecule has 0 fully saturated rings. The Hall–Kier alpha value is -1.72. The summed E-state index contributed by atoms with van der Waals surface area (Å²) in [6.07, 6.45) is 0. The molecule has 0 atom stereocenters. The van der Waals surface area contributed by atoms with E-state index >= 15 is 0 Å². The number of hydrogen-bond donors (Lipinski definition) is 1. The summed E-state index contributed by atoms with van der Waals surface area (Å²) >= 11 is 1.65. The van der Waals surface area contributed by atoms with Crippen LogP contribution in [0.5, 0.6) is 0 Å². The van der Waals surface area contributed by atoms with Gasteiger partial charge in [0.2, 0.25) is 0 Å². The Balaban J connectivity index is 2.32. The van der Waals surface area contributed by atoms with Crippen LogP contribution in [0.4, 0.5) is 5.69 Å². The van der Waals surface area contributed by atoms with Gasteiger partial charge in [0.15, 0.2) is 0 Å². The Bertz CT molecular complexity index is 537. The lowest BCUT2D eigenvalue weighted by Gasteiger charge is -1.97. The molecule has 0 aliphatic rings. The first-order valence-electron chi connectivity index (χ1n) is 5.19. The first-order chi connectivity index (χ1) is 8.20. The maximum atomic E-state index is 10.7. The molecule has 4 nitrogen and oxygen atoms in total. The highest BCUT2D eigenvalue weighted by Gasteiger charge is 2.08. The van der Waals surface area contributed by atoms with E-state index in [0.29, 0.717) is 0 Å². The molecule has 1 aromatic carbocycles. The van der Waals surface area contributed by atoms with E-state index < -0.39 is 0 Å². The fraction of sp³-hybridized carbons (Fsp3) is 0.167. The zero-order chi connectivity index (χ0) is 12.3. The number of non-ortho nitro benzene ring substituents is 1. The second-order valence-electron chi connectivity index (χ2n) is 3.60. The zero-order valence-electron chi connectivity index (χ0n) is 9.34. The van der Waals surface area contributed by atoms with Crippen LogP contribution >= 0.6 is 11.3 Å². The van der Waals surface area contributed by atoms with Crippen molar-refractivity contribution in [3.8, 4) is 10.4 Å². The van der Waals surface area contributed by atoms with Crippen molar-refractivity contribution >= 4 is 17.0 Å². The molecule has 1 N–H and O–H groups in total. The van der Waals surface area contributed by atoms with Crippen LogP contribution in [0, 0.1) is 10.1 Å². The number of rotatable bonds is 4. The fourth-order valence-corrected chi connectivity index (χ4v) is 2.59. The minimum absolute atomic E-state index is 0.131. The topological polar surface area (TPSA) is 55.2 Å². The number of hydrogen-bond acceptors (Lipinski definition) is 4. The fourth-order valence-electron chi connectivity index (χ4n) is 1.58. The highest BCUT2D eigenvalue weighted by atomic mass is 32.1. The molecule has 0 unspecified atom stereocenters. The van der Waals surface area contributed by atoms with E-state index in [4.69, 9.17) is 0 Å². The number of benzene rings is 1. The molecule has 0 saturated carbocycles. The van der Waals surface area contributed by atoms with Crippen molar-refractivity contribution in [2.45, 2.75) is 6.54 Å². The predicted molar refractivity (Wildman–Crippen MR) is 69.2 cm³/mol. The van der Waals surface area contributed by atoms with Crippen LogP contribution in [0.3, 0.4) is 0 Å². The third kappa shape index (κ3) is 2.69. The normalized spacial score (nSPS) is 10.4. The van der Waals surface area contributed by atoms with Crippen LogP contribution in [0.1, 0.15) is 4.88 Å². The van der Waals surface area contributed by atoms with Gasteiger partial charge in [0, 0.05) is 28.4 Å². The van der Waals surface area contributed by atoms with E-state index in [2.05, 4.69) is 5.32 Å². The van der Waals surface area contributed by atoms with Gasteiger partial charge < -0.3 is 5.32 Å². The molecule has 0 saturated heterocycles. The van der Waals surface area contributed by atoms with E-state index in [-0.39, 0.29) is 10.6 Å². The average Bonchev–Trinajstić information content (AvgIpc) is 2.78. The number of nitrogens with zero attached hydrogens (tertiary/aromatic N) is 1. The lowest BCUT2D eigenvalue weighted by Crippen LogP contribution is -2.02. The summed E-state index contributed by atoms with van der Waals surface area (Å²) in [6.45, 7) is 0.819. The van der Waals surface area contributed by atoms with Crippen molar-refractivity contribution in [1.82, 2.24) is 5.32 Å². The molecule has 0 aliphatic heterocycles. The lowest BCUT2D eigenvalue weighted by atomic mass is 10.2.